The first-order valence-electron chi connectivity index (χ1n) is 4.16. The molecule has 6 heteroatoms. The van der Waals surface area contributed by atoms with E-state index in [0.29, 0.717) is 12.2 Å². The minimum Gasteiger partial charge on any atom is -0.349 e. The lowest BCUT2D eigenvalue weighted by Gasteiger charge is -2.09. The molecule has 0 aliphatic heterocycles. The van der Waals surface area contributed by atoms with E-state index in [1.54, 1.807) is 12.4 Å². The zero-order chi connectivity index (χ0) is 10.6. The van der Waals surface area contributed by atoms with Crippen molar-refractivity contribution < 1.29 is 13.2 Å². The maximum Gasteiger partial charge on any atom is 0.389 e. The van der Waals surface area contributed by atoms with Gasteiger partial charge in [0.15, 0.2) is 0 Å². The molecule has 1 N–H and O–H groups in total. The van der Waals surface area contributed by atoms with Crippen LogP contribution in [0.2, 0.25) is 0 Å². The zero-order valence-electron chi connectivity index (χ0n) is 7.31. The smallest absolute Gasteiger partial charge is 0.349 e. The predicted molar refractivity (Wildman–Crippen MR) is 50.3 cm³/mol. The highest BCUT2D eigenvalue weighted by Gasteiger charge is 2.27. The Balaban J connectivity index is 2.26. The molecule has 1 aromatic heterocycles. The van der Waals surface area contributed by atoms with Crippen LogP contribution in [-0.4, -0.2) is 21.0 Å². The van der Waals surface area contributed by atoms with Crippen LogP contribution in [0, 0.1) is 0 Å². The molecule has 0 bridgehead atoms. The number of aromatic amines is 1. The summed E-state index contributed by atoms with van der Waals surface area (Å²) in [5, 5.41) is 0. The molecule has 0 saturated carbocycles. The van der Waals surface area contributed by atoms with Gasteiger partial charge in [-0.25, -0.2) is 4.98 Å². The Hall–Kier alpha value is -0.520. The zero-order valence-corrected chi connectivity index (χ0v) is 8.90. The number of imidazole rings is 1. The molecule has 0 spiro atoms. The molecule has 1 atom stereocenters. The number of nitrogens with one attached hydrogen (secondary N) is 1. The molecule has 0 aliphatic rings. The van der Waals surface area contributed by atoms with Crippen LogP contribution in [0.15, 0.2) is 12.4 Å². The summed E-state index contributed by atoms with van der Waals surface area (Å²) in [6.07, 6.45) is -1.04. The van der Waals surface area contributed by atoms with Crippen molar-refractivity contribution in [3.63, 3.8) is 0 Å². The van der Waals surface area contributed by atoms with Crippen molar-refractivity contribution in [3.05, 3.63) is 18.2 Å². The summed E-state index contributed by atoms with van der Waals surface area (Å²) < 4.78 is 35.6. The Morgan fingerprint density at radius 3 is 2.71 bits per heavy atom. The Morgan fingerprint density at radius 2 is 2.21 bits per heavy atom. The fourth-order valence-corrected chi connectivity index (χ4v) is 1.58. The highest BCUT2D eigenvalue weighted by Crippen LogP contribution is 2.25. The van der Waals surface area contributed by atoms with Gasteiger partial charge in [0.25, 0.3) is 0 Å². The highest BCUT2D eigenvalue weighted by atomic mass is 79.9. The minimum atomic E-state index is -4.07. The Labute approximate surface area is 88.0 Å². The van der Waals surface area contributed by atoms with Gasteiger partial charge in [0, 0.05) is 30.1 Å². The maximum atomic E-state index is 11.9. The topological polar surface area (TPSA) is 28.7 Å². The fourth-order valence-electron chi connectivity index (χ4n) is 1.04. The Kier molecular flexibility index (Phi) is 3.97. The van der Waals surface area contributed by atoms with E-state index in [2.05, 4.69) is 25.9 Å². The number of aromatic nitrogens is 2. The van der Waals surface area contributed by atoms with Crippen molar-refractivity contribution in [1.29, 1.82) is 0 Å². The van der Waals surface area contributed by atoms with Crippen LogP contribution in [0.3, 0.4) is 0 Å². The van der Waals surface area contributed by atoms with Gasteiger partial charge in [-0.3, -0.25) is 0 Å². The molecule has 80 valence electrons. The number of halogens is 4. The second-order valence-electron chi connectivity index (χ2n) is 2.99. The normalized spacial score (nSPS) is 14.3. The summed E-state index contributed by atoms with van der Waals surface area (Å²) in [5.74, 6) is 0.703. The molecule has 1 rings (SSSR count). The average Bonchev–Trinajstić information content (AvgIpc) is 2.52. The second-order valence-corrected chi connectivity index (χ2v) is 4.29. The lowest BCUT2D eigenvalue weighted by molar-refractivity contribution is -0.135. The molecular formula is C8H10BrF3N2. The van der Waals surface area contributed by atoms with Gasteiger partial charge < -0.3 is 4.98 Å². The molecule has 0 fully saturated rings. The van der Waals surface area contributed by atoms with E-state index in [0.717, 1.165) is 0 Å². The molecule has 0 amide bonds. The molecular weight excluding hydrogens is 261 g/mol. The molecule has 0 aromatic carbocycles. The fraction of sp³-hybridized carbons (Fsp3) is 0.625. The largest absolute Gasteiger partial charge is 0.389 e. The number of hydrogen-bond acceptors (Lipinski definition) is 1. The second kappa shape index (κ2) is 4.82. The van der Waals surface area contributed by atoms with Crippen molar-refractivity contribution in [2.24, 2.45) is 0 Å². The summed E-state index contributed by atoms with van der Waals surface area (Å²) in [4.78, 5) is 6.59. The lowest BCUT2D eigenvalue weighted by atomic mass is 10.2. The van der Waals surface area contributed by atoms with Crippen molar-refractivity contribution in [3.8, 4) is 0 Å². The quantitative estimate of drug-likeness (QED) is 0.838. The number of rotatable bonds is 4. The van der Waals surface area contributed by atoms with E-state index in [1.807, 2.05) is 0 Å². The van der Waals surface area contributed by atoms with Gasteiger partial charge in [-0.1, -0.05) is 15.9 Å². The van der Waals surface area contributed by atoms with E-state index in [4.69, 9.17) is 0 Å². The van der Waals surface area contributed by atoms with Crippen molar-refractivity contribution in [1.82, 2.24) is 9.97 Å². The van der Waals surface area contributed by atoms with Gasteiger partial charge >= 0.3 is 6.18 Å². The van der Waals surface area contributed by atoms with E-state index >= 15 is 0 Å². The van der Waals surface area contributed by atoms with Crippen LogP contribution in [0.25, 0.3) is 0 Å². The van der Waals surface area contributed by atoms with E-state index in [1.165, 1.54) is 0 Å². The van der Waals surface area contributed by atoms with Crippen LogP contribution in [0.4, 0.5) is 13.2 Å². The van der Waals surface area contributed by atoms with Gasteiger partial charge in [0.1, 0.15) is 5.82 Å². The molecule has 1 heterocycles. The van der Waals surface area contributed by atoms with Gasteiger partial charge in [0.2, 0.25) is 0 Å². The summed E-state index contributed by atoms with van der Waals surface area (Å²) in [5.41, 5.74) is 0. The first-order chi connectivity index (χ1) is 6.47. The molecule has 0 saturated heterocycles. The predicted octanol–water partition coefficient (Wildman–Crippen LogP) is 3.06. The Bertz CT molecular complexity index is 258. The van der Waals surface area contributed by atoms with Crippen molar-refractivity contribution in [2.45, 2.75) is 30.3 Å². The van der Waals surface area contributed by atoms with E-state index in [-0.39, 0.29) is 11.2 Å². The third-order valence-corrected chi connectivity index (χ3v) is 2.49. The van der Waals surface area contributed by atoms with Crippen LogP contribution in [0.1, 0.15) is 18.7 Å². The van der Waals surface area contributed by atoms with Gasteiger partial charge in [-0.2, -0.15) is 13.2 Å². The van der Waals surface area contributed by atoms with Gasteiger partial charge in [-0.15, -0.1) is 0 Å². The third-order valence-electron chi connectivity index (χ3n) is 1.71. The summed E-state index contributed by atoms with van der Waals surface area (Å²) in [6, 6.07) is 0. The third kappa shape index (κ3) is 4.64. The number of alkyl halides is 4. The molecule has 2 nitrogen and oxygen atoms in total. The molecule has 14 heavy (non-hydrogen) atoms. The van der Waals surface area contributed by atoms with Crippen LogP contribution in [-0.2, 0) is 6.42 Å². The number of hydrogen-bond donors (Lipinski definition) is 1. The molecule has 0 aliphatic carbocycles. The van der Waals surface area contributed by atoms with Crippen molar-refractivity contribution in [2.75, 3.05) is 0 Å². The molecule has 1 aromatic rings. The van der Waals surface area contributed by atoms with Crippen LogP contribution in [0.5, 0.6) is 0 Å². The summed E-state index contributed by atoms with van der Waals surface area (Å²) in [6.45, 7) is 0. The first-order valence-corrected chi connectivity index (χ1v) is 5.08. The monoisotopic (exact) mass is 270 g/mol. The highest BCUT2D eigenvalue weighted by molar-refractivity contribution is 9.09. The standard InChI is InChI=1S/C8H10BrF3N2/c9-6(1-2-8(10,11)12)5-7-13-3-4-14-7/h3-4,6H,1-2,5H2,(H,13,14). The number of nitrogens with zero attached hydrogens (tertiary/aromatic N) is 1. The molecule has 1 unspecified atom stereocenters. The van der Waals surface area contributed by atoms with Gasteiger partial charge in [0.05, 0.1) is 0 Å². The summed E-state index contributed by atoms with van der Waals surface area (Å²) >= 11 is 3.19. The maximum absolute atomic E-state index is 11.9. The van der Waals surface area contributed by atoms with Gasteiger partial charge in [-0.05, 0) is 6.42 Å². The SMILES string of the molecule is FC(F)(F)CCC(Br)Cc1ncc[nH]1. The minimum absolute atomic E-state index is 0.0736. The average molecular weight is 271 g/mol. The van der Waals surface area contributed by atoms with E-state index in [9.17, 15) is 13.2 Å². The van der Waals surface area contributed by atoms with E-state index < -0.39 is 12.6 Å². The molecule has 0 radical (unpaired) electrons. The van der Waals surface area contributed by atoms with Crippen LogP contribution < -0.4 is 0 Å². The summed E-state index contributed by atoms with van der Waals surface area (Å²) in [7, 11) is 0. The number of H-pyrrole nitrogens is 1. The Morgan fingerprint density at radius 1 is 1.50 bits per heavy atom. The van der Waals surface area contributed by atoms with Crippen molar-refractivity contribution >= 4 is 15.9 Å². The van der Waals surface area contributed by atoms with Crippen LogP contribution >= 0.6 is 15.9 Å². The lowest BCUT2D eigenvalue weighted by Crippen LogP contribution is -2.12. The first kappa shape index (κ1) is 11.6.